The third-order valence-corrected chi connectivity index (χ3v) is 5.43. The molecule has 0 amide bonds. The summed E-state index contributed by atoms with van der Waals surface area (Å²) >= 11 is 2.01. The van der Waals surface area contributed by atoms with Gasteiger partial charge in [0.15, 0.2) is 0 Å². The van der Waals surface area contributed by atoms with Crippen LogP contribution in [0, 0.1) is 12.3 Å². The van der Waals surface area contributed by atoms with E-state index in [2.05, 4.69) is 31.2 Å². The lowest BCUT2D eigenvalue weighted by atomic mass is 9.71. The molecule has 3 rings (SSSR count). The van der Waals surface area contributed by atoms with E-state index >= 15 is 0 Å². The predicted octanol–water partition coefficient (Wildman–Crippen LogP) is 3.36. The van der Waals surface area contributed by atoms with Crippen molar-refractivity contribution in [1.29, 1.82) is 0 Å². The predicted molar refractivity (Wildman–Crippen MR) is 69.7 cm³/mol. The molecule has 1 aromatic rings. The molecule has 86 valence electrons. The van der Waals surface area contributed by atoms with Gasteiger partial charge in [-0.05, 0) is 50.2 Å². The molecular formula is C14H19NS. The highest BCUT2D eigenvalue weighted by Gasteiger charge is 2.60. The van der Waals surface area contributed by atoms with Gasteiger partial charge in [-0.2, -0.15) is 0 Å². The first kappa shape index (κ1) is 10.7. The summed E-state index contributed by atoms with van der Waals surface area (Å²) in [6, 6.07) is 8.79. The average molecular weight is 233 g/mol. The van der Waals surface area contributed by atoms with Crippen LogP contribution in [0.25, 0.3) is 0 Å². The van der Waals surface area contributed by atoms with Crippen LogP contribution in [0.2, 0.25) is 0 Å². The molecule has 1 spiro atoms. The molecule has 16 heavy (non-hydrogen) atoms. The highest BCUT2D eigenvalue weighted by Crippen LogP contribution is 2.69. The number of benzene rings is 1. The molecule has 0 saturated heterocycles. The molecule has 1 nitrogen and oxygen atoms in total. The van der Waals surface area contributed by atoms with E-state index in [-0.39, 0.29) is 0 Å². The number of rotatable bonds is 3. The van der Waals surface area contributed by atoms with Crippen LogP contribution in [0.15, 0.2) is 29.2 Å². The summed E-state index contributed by atoms with van der Waals surface area (Å²) in [7, 11) is 0. The van der Waals surface area contributed by atoms with Crippen LogP contribution in [0.3, 0.4) is 0 Å². The summed E-state index contributed by atoms with van der Waals surface area (Å²) in [5.41, 5.74) is 8.06. The van der Waals surface area contributed by atoms with Crippen molar-refractivity contribution >= 4 is 11.8 Å². The third kappa shape index (κ3) is 1.78. The van der Waals surface area contributed by atoms with Gasteiger partial charge in [0.1, 0.15) is 0 Å². The van der Waals surface area contributed by atoms with Crippen molar-refractivity contribution in [3.63, 3.8) is 0 Å². The van der Waals surface area contributed by atoms with Crippen molar-refractivity contribution in [2.24, 2.45) is 11.1 Å². The number of aryl methyl sites for hydroxylation is 1. The van der Waals surface area contributed by atoms with Gasteiger partial charge in [-0.3, -0.25) is 0 Å². The molecule has 0 atom stereocenters. The number of hydrogen-bond acceptors (Lipinski definition) is 2. The fourth-order valence-corrected chi connectivity index (χ4v) is 4.76. The maximum Gasteiger partial charge on any atom is 0.0339 e. The second-order valence-electron chi connectivity index (χ2n) is 5.66. The number of hydrogen-bond donors (Lipinski definition) is 1. The van der Waals surface area contributed by atoms with Gasteiger partial charge >= 0.3 is 0 Å². The van der Waals surface area contributed by atoms with Gasteiger partial charge in [-0.15, -0.1) is 11.8 Å². The molecule has 2 fully saturated rings. The van der Waals surface area contributed by atoms with E-state index in [1.807, 2.05) is 11.8 Å². The second-order valence-corrected chi connectivity index (χ2v) is 7.20. The minimum atomic E-state index is 0.351. The SMILES string of the molecule is Cc1cccc(SC2(CN)CC3(CC3)C2)c1. The van der Waals surface area contributed by atoms with Gasteiger partial charge in [0.2, 0.25) is 0 Å². The van der Waals surface area contributed by atoms with Crippen LogP contribution >= 0.6 is 11.8 Å². The van der Waals surface area contributed by atoms with Crippen molar-refractivity contribution < 1.29 is 0 Å². The van der Waals surface area contributed by atoms with Gasteiger partial charge in [0.05, 0.1) is 0 Å². The fourth-order valence-electron chi connectivity index (χ4n) is 3.03. The lowest BCUT2D eigenvalue weighted by Gasteiger charge is -2.47. The average Bonchev–Trinajstić information content (AvgIpc) is 2.97. The monoisotopic (exact) mass is 233 g/mol. The van der Waals surface area contributed by atoms with Crippen molar-refractivity contribution in [3.8, 4) is 0 Å². The summed E-state index contributed by atoms with van der Waals surface area (Å²) in [5, 5.41) is 0. The van der Waals surface area contributed by atoms with Gasteiger partial charge < -0.3 is 5.73 Å². The van der Waals surface area contributed by atoms with E-state index in [4.69, 9.17) is 5.73 Å². The molecule has 0 aromatic heterocycles. The summed E-state index contributed by atoms with van der Waals surface area (Å²) in [6.07, 6.45) is 5.58. The zero-order valence-corrected chi connectivity index (χ0v) is 10.6. The molecule has 0 aliphatic heterocycles. The molecular weight excluding hydrogens is 214 g/mol. The fraction of sp³-hybridized carbons (Fsp3) is 0.571. The molecule has 2 saturated carbocycles. The first-order valence-electron chi connectivity index (χ1n) is 6.11. The Bertz CT molecular complexity index is 401. The largest absolute Gasteiger partial charge is 0.329 e. The molecule has 0 bridgehead atoms. The first-order chi connectivity index (χ1) is 7.65. The summed E-state index contributed by atoms with van der Waals surface area (Å²) in [4.78, 5) is 1.39. The minimum absolute atomic E-state index is 0.351. The summed E-state index contributed by atoms with van der Waals surface area (Å²) in [5.74, 6) is 0. The first-order valence-corrected chi connectivity index (χ1v) is 6.93. The van der Waals surface area contributed by atoms with E-state index in [9.17, 15) is 0 Å². The maximum absolute atomic E-state index is 5.98. The normalized spacial score (nSPS) is 24.1. The molecule has 2 heteroatoms. The Kier molecular flexibility index (Phi) is 2.34. The zero-order chi connectivity index (χ0) is 11.2. The Labute approximate surface area is 102 Å². The van der Waals surface area contributed by atoms with Gasteiger partial charge in [-0.25, -0.2) is 0 Å². The van der Waals surface area contributed by atoms with Crippen LogP contribution in [0.4, 0.5) is 0 Å². The second kappa shape index (κ2) is 3.51. The molecule has 1 aromatic carbocycles. The van der Waals surface area contributed by atoms with E-state index in [0.29, 0.717) is 4.75 Å². The molecule has 2 N–H and O–H groups in total. The zero-order valence-electron chi connectivity index (χ0n) is 9.83. The van der Waals surface area contributed by atoms with Gasteiger partial charge in [-0.1, -0.05) is 17.7 Å². The Balaban J connectivity index is 1.73. The minimum Gasteiger partial charge on any atom is -0.329 e. The van der Waals surface area contributed by atoms with E-state index < -0.39 is 0 Å². The smallest absolute Gasteiger partial charge is 0.0339 e. The quantitative estimate of drug-likeness (QED) is 0.866. The topological polar surface area (TPSA) is 26.0 Å². The van der Waals surface area contributed by atoms with Crippen LogP contribution in [0.5, 0.6) is 0 Å². The lowest BCUT2D eigenvalue weighted by Crippen LogP contribution is -2.48. The lowest BCUT2D eigenvalue weighted by molar-refractivity contribution is 0.210. The van der Waals surface area contributed by atoms with Crippen molar-refractivity contribution in [3.05, 3.63) is 29.8 Å². The van der Waals surface area contributed by atoms with Crippen molar-refractivity contribution in [2.75, 3.05) is 6.54 Å². The van der Waals surface area contributed by atoms with E-state index in [1.54, 1.807) is 0 Å². The third-order valence-electron chi connectivity index (χ3n) is 4.05. The Morgan fingerprint density at radius 3 is 2.62 bits per heavy atom. The summed E-state index contributed by atoms with van der Waals surface area (Å²) < 4.78 is 0.351. The van der Waals surface area contributed by atoms with Crippen molar-refractivity contribution in [1.82, 2.24) is 0 Å². The molecule has 0 radical (unpaired) electrons. The Morgan fingerprint density at radius 1 is 1.31 bits per heavy atom. The Morgan fingerprint density at radius 2 is 2.06 bits per heavy atom. The van der Waals surface area contributed by atoms with Crippen LogP contribution < -0.4 is 5.73 Å². The highest BCUT2D eigenvalue weighted by molar-refractivity contribution is 8.00. The Hall–Kier alpha value is -0.470. The number of nitrogens with two attached hydrogens (primary N) is 1. The molecule has 0 heterocycles. The summed E-state index contributed by atoms with van der Waals surface area (Å²) in [6.45, 7) is 2.98. The molecule has 2 aliphatic rings. The van der Waals surface area contributed by atoms with Crippen LogP contribution in [0.1, 0.15) is 31.2 Å². The van der Waals surface area contributed by atoms with Crippen LogP contribution in [-0.4, -0.2) is 11.3 Å². The number of thioether (sulfide) groups is 1. The molecule has 2 aliphatic carbocycles. The standard InChI is InChI=1S/C14H19NS/c1-11-3-2-4-12(7-11)16-14(10-15)8-13(9-14)5-6-13/h2-4,7H,5-6,8-10,15H2,1H3. The van der Waals surface area contributed by atoms with Crippen molar-refractivity contribution in [2.45, 2.75) is 42.2 Å². The molecule has 0 unspecified atom stereocenters. The van der Waals surface area contributed by atoms with Crippen LogP contribution in [-0.2, 0) is 0 Å². The maximum atomic E-state index is 5.98. The highest BCUT2D eigenvalue weighted by atomic mass is 32.2. The van der Waals surface area contributed by atoms with Gasteiger partial charge in [0.25, 0.3) is 0 Å². The van der Waals surface area contributed by atoms with Gasteiger partial charge in [0, 0.05) is 16.2 Å². The van der Waals surface area contributed by atoms with E-state index in [0.717, 1.165) is 12.0 Å². The van der Waals surface area contributed by atoms with E-state index in [1.165, 1.54) is 36.1 Å².